The van der Waals surface area contributed by atoms with E-state index >= 15 is 0 Å². The van der Waals surface area contributed by atoms with Crippen molar-refractivity contribution in [1.82, 2.24) is 5.32 Å². The predicted molar refractivity (Wildman–Crippen MR) is 78.2 cm³/mol. The Kier molecular flexibility index (Phi) is 5.00. The van der Waals surface area contributed by atoms with Crippen LogP contribution < -0.4 is 10.1 Å². The lowest BCUT2D eigenvalue weighted by molar-refractivity contribution is 0.0915. The number of hydrogen-bond donors (Lipinski definition) is 2. The van der Waals surface area contributed by atoms with Gasteiger partial charge in [-0.05, 0) is 37.6 Å². The molecule has 21 heavy (non-hydrogen) atoms. The summed E-state index contributed by atoms with van der Waals surface area (Å²) in [5.41, 5.74) is 1.15. The number of amides is 1. The predicted octanol–water partition coefficient (Wildman–Crippen LogP) is 2.53. The standard InChI is InChI=1S/C16H19NO4/c1-11(2)21-14-5-3-12(4-6-14)15(18)9-17-16(19)13-7-8-20-10-13/h3-8,10-11,15,18H,9H2,1-2H3,(H,17,19). The molecule has 0 spiro atoms. The third-order valence-corrected chi connectivity index (χ3v) is 2.88. The average Bonchev–Trinajstić information content (AvgIpc) is 2.99. The lowest BCUT2D eigenvalue weighted by atomic mass is 10.1. The van der Waals surface area contributed by atoms with E-state index in [1.54, 1.807) is 30.3 Å². The summed E-state index contributed by atoms with van der Waals surface area (Å²) in [7, 11) is 0. The molecule has 0 fully saturated rings. The van der Waals surface area contributed by atoms with Crippen LogP contribution in [0.5, 0.6) is 5.75 Å². The van der Waals surface area contributed by atoms with Gasteiger partial charge in [0.15, 0.2) is 0 Å². The Balaban J connectivity index is 1.88. The molecule has 1 aromatic heterocycles. The molecular formula is C16H19NO4. The van der Waals surface area contributed by atoms with E-state index in [9.17, 15) is 9.90 Å². The van der Waals surface area contributed by atoms with Crippen molar-refractivity contribution in [3.8, 4) is 5.75 Å². The summed E-state index contributed by atoms with van der Waals surface area (Å²) in [5.74, 6) is 0.478. The summed E-state index contributed by atoms with van der Waals surface area (Å²) in [4.78, 5) is 11.7. The van der Waals surface area contributed by atoms with Crippen LogP contribution in [0, 0.1) is 0 Å². The van der Waals surface area contributed by atoms with Gasteiger partial charge in [0.2, 0.25) is 0 Å². The lowest BCUT2D eigenvalue weighted by Crippen LogP contribution is -2.28. The molecule has 1 unspecified atom stereocenters. The van der Waals surface area contributed by atoms with E-state index in [1.165, 1.54) is 12.5 Å². The lowest BCUT2D eigenvalue weighted by Gasteiger charge is -2.14. The van der Waals surface area contributed by atoms with Crippen LogP contribution >= 0.6 is 0 Å². The fraction of sp³-hybridized carbons (Fsp3) is 0.312. The van der Waals surface area contributed by atoms with Crippen molar-refractivity contribution < 1.29 is 19.1 Å². The van der Waals surface area contributed by atoms with E-state index in [-0.39, 0.29) is 18.6 Å². The molecule has 112 valence electrons. The van der Waals surface area contributed by atoms with E-state index in [0.29, 0.717) is 5.56 Å². The first-order chi connectivity index (χ1) is 10.1. The number of aliphatic hydroxyl groups is 1. The molecule has 2 aromatic rings. The molecule has 0 aliphatic carbocycles. The highest BCUT2D eigenvalue weighted by Crippen LogP contribution is 2.18. The van der Waals surface area contributed by atoms with Gasteiger partial charge in [-0.1, -0.05) is 12.1 Å². The average molecular weight is 289 g/mol. The first-order valence-electron chi connectivity index (χ1n) is 6.81. The Labute approximate surface area is 123 Å². The molecule has 2 rings (SSSR count). The molecule has 0 saturated carbocycles. The Morgan fingerprint density at radius 3 is 2.57 bits per heavy atom. The van der Waals surface area contributed by atoms with E-state index in [2.05, 4.69) is 5.32 Å². The highest BCUT2D eigenvalue weighted by molar-refractivity contribution is 5.93. The Hall–Kier alpha value is -2.27. The zero-order valence-electron chi connectivity index (χ0n) is 12.1. The molecule has 1 atom stereocenters. The number of furan rings is 1. The molecule has 2 N–H and O–H groups in total. The number of rotatable bonds is 6. The van der Waals surface area contributed by atoms with E-state index in [4.69, 9.17) is 9.15 Å². The molecule has 5 nitrogen and oxygen atoms in total. The fourth-order valence-electron chi connectivity index (χ4n) is 1.84. The third kappa shape index (κ3) is 4.36. The maximum atomic E-state index is 11.7. The van der Waals surface area contributed by atoms with Crippen molar-refractivity contribution in [2.45, 2.75) is 26.1 Å². The van der Waals surface area contributed by atoms with Crippen molar-refractivity contribution in [1.29, 1.82) is 0 Å². The second-order valence-electron chi connectivity index (χ2n) is 4.97. The van der Waals surface area contributed by atoms with Crippen molar-refractivity contribution in [2.24, 2.45) is 0 Å². The topological polar surface area (TPSA) is 71.7 Å². The zero-order chi connectivity index (χ0) is 15.2. The van der Waals surface area contributed by atoms with Gasteiger partial charge in [-0.15, -0.1) is 0 Å². The van der Waals surface area contributed by atoms with Crippen molar-refractivity contribution in [3.05, 3.63) is 54.0 Å². The van der Waals surface area contributed by atoms with Crippen LogP contribution in [0.4, 0.5) is 0 Å². The summed E-state index contributed by atoms with van der Waals surface area (Å²) in [6.45, 7) is 4.04. The number of aliphatic hydroxyl groups excluding tert-OH is 1. The van der Waals surface area contributed by atoms with E-state index in [0.717, 1.165) is 11.3 Å². The van der Waals surface area contributed by atoms with Crippen LogP contribution in [0.25, 0.3) is 0 Å². The molecule has 1 heterocycles. The van der Waals surface area contributed by atoms with Gasteiger partial charge >= 0.3 is 0 Å². The third-order valence-electron chi connectivity index (χ3n) is 2.88. The molecule has 0 saturated heterocycles. The number of ether oxygens (including phenoxy) is 1. The summed E-state index contributed by atoms with van der Waals surface area (Å²) in [6.07, 6.45) is 2.13. The molecule has 0 aliphatic heterocycles. The SMILES string of the molecule is CC(C)Oc1ccc(C(O)CNC(=O)c2ccoc2)cc1. The van der Waals surface area contributed by atoms with Gasteiger partial charge in [-0.2, -0.15) is 0 Å². The molecular weight excluding hydrogens is 270 g/mol. The maximum absolute atomic E-state index is 11.7. The minimum absolute atomic E-state index is 0.107. The van der Waals surface area contributed by atoms with Gasteiger partial charge in [-0.25, -0.2) is 0 Å². The smallest absolute Gasteiger partial charge is 0.254 e. The van der Waals surface area contributed by atoms with E-state index < -0.39 is 6.10 Å². The number of carbonyl (C=O) groups excluding carboxylic acids is 1. The molecule has 1 amide bonds. The first kappa shape index (κ1) is 15.1. The largest absolute Gasteiger partial charge is 0.491 e. The highest BCUT2D eigenvalue weighted by Gasteiger charge is 2.11. The summed E-state index contributed by atoms with van der Waals surface area (Å²) in [5, 5.41) is 12.7. The Bertz CT molecular complexity index is 560. The monoisotopic (exact) mass is 289 g/mol. The van der Waals surface area contributed by atoms with Crippen molar-refractivity contribution >= 4 is 5.91 Å². The number of benzene rings is 1. The van der Waals surface area contributed by atoms with Gasteiger partial charge < -0.3 is 19.6 Å². The van der Waals surface area contributed by atoms with Gasteiger partial charge in [0.05, 0.1) is 24.0 Å². The highest BCUT2D eigenvalue weighted by atomic mass is 16.5. The fourth-order valence-corrected chi connectivity index (χ4v) is 1.84. The summed E-state index contributed by atoms with van der Waals surface area (Å²) in [6, 6.07) is 8.74. The molecule has 0 aliphatic rings. The molecule has 1 aromatic carbocycles. The van der Waals surface area contributed by atoms with Crippen LogP contribution in [0.1, 0.15) is 35.9 Å². The van der Waals surface area contributed by atoms with Gasteiger partial charge in [0.25, 0.3) is 5.91 Å². The normalized spacial score (nSPS) is 12.2. The Morgan fingerprint density at radius 2 is 2.00 bits per heavy atom. The second kappa shape index (κ2) is 6.95. The van der Waals surface area contributed by atoms with Crippen LogP contribution in [-0.2, 0) is 0 Å². The number of hydrogen-bond acceptors (Lipinski definition) is 4. The molecule has 0 radical (unpaired) electrons. The maximum Gasteiger partial charge on any atom is 0.254 e. The van der Waals surface area contributed by atoms with Crippen LogP contribution in [0.2, 0.25) is 0 Å². The zero-order valence-corrected chi connectivity index (χ0v) is 12.1. The number of carbonyl (C=O) groups is 1. The van der Waals surface area contributed by atoms with Crippen LogP contribution in [-0.4, -0.2) is 23.7 Å². The van der Waals surface area contributed by atoms with Crippen molar-refractivity contribution in [2.75, 3.05) is 6.54 Å². The quantitative estimate of drug-likeness (QED) is 0.857. The summed E-state index contributed by atoms with van der Waals surface area (Å²) < 4.78 is 10.4. The summed E-state index contributed by atoms with van der Waals surface area (Å²) >= 11 is 0. The van der Waals surface area contributed by atoms with Gasteiger partial charge in [0, 0.05) is 6.54 Å². The van der Waals surface area contributed by atoms with Crippen LogP contribution in [0.3, 0.4) is 0 Å². The second-order valence-corrected chi connectivity index (χ2v) is 4.97. The molecule has 5 heteroatoms. The van der Waals surface area contributed by atoms with Gasteiger partial charge in [-0.3, -0.25) is 4.79 Å². The minimum atomic E-state index is -0.769. The first-order valence-corrected chi connectivity index (χ1v) is 6.81. The van der Waals surface area contributed by atoms with Gasteiger partial charge in [0.1, 0.15) is 12.0 Å². The van der Waals surface area contributed by atoms with Crippen LogP contribution in [0.15, 0.2) is 47.3 Å². The van der Waals surface area contributed by atoms with Crippen molar-refractivity contribution in [3.63, 3.8) is 0 Å². The molecule has 0 bridgehead atoms. The number of nitrogens with one attached hydrogen (secondary N) is 1. The van der Waals surface area contributed by atoms with E-state index in [1.807, 2.05) is 13.8 Å². The Morgan fingerprint density at radius 1 is 1.29 bits per heavy atom. The minimum Gasteiger partial charge on any atom is -0.491 e.